The summed E-state index contributed by atoms with van der Waals surface area (Å²) in [5, 5.41) is -0.00265. The third kappa shape index (κ3) is 9.36. The van der Waals surface area contributed by atoms with Crippen molar-refractivity contribution in [2.45, 2.75) is 186 Å². The molecule has 0 bridgehead atoms. The van der Waals surface area contributed by atoms with Crippen molar-refractivity contribution in [3.8, 4) is 0 Å². The van der Waals surface area contributed by atoms with Gasteiger partial charge in [0.2, 0.25) is 0 Å². The number of rotatable bonds is 10. The zero-order valence-corrected chi connectivity index (χ0v) is 33.7. The summed E-state index contributed by atoms with van der Waals surface area (Å²) in [6.45, 7) is 36.2. The normalized spacial score (nSPS) is 29.0. The van der Waals surface area contributed by atoms with Crippen molar-refractivity contribution in [2.24, 2.45) is 0 Å². The van der Waals surface area contributed by atoms with E-state index in [1.54, 1.807) is 0 Å². The molecule has 2 heterocycles. The van der Waals surface area contributed by atoms with Gasteiger partial charge in [0, 0.05) is 0 Å². The number of hydrogen-bond acceptors (Lipinski definition) is 7. The molecular weight excluding hydrogens is 593 g/mol. The number of methoxy groups -OCH3 is 1. The summed E-state index contributed by atoms with van der Waals surface area (Å²) in [6, 6.07) is 0. The Labute approximate surface area is 267 Å². The molecule has 0 aromatic heterocycles. The molecule has 2 fully saturated rings. The van der Waals surface area contributed by atoms with Gasteiger partial charge in [0.25, 0.3) is 0 Å². The van der Waals surface area contributed by atoms with Crippen LogP contribution in [0, 0.1) is 0 Å². The summed E-state index contributed by atoms with van der Waals surface area (Å²) < 4.78 is 40.7. The molecule has 0 spiro atoms. The average molecular weight is 659 g/mol. The van der Waals surface area contributed by atoms with Gasteiger partial charge < -0.3 is 27.5 Å². The highest BCUT2D eigenvalue weighted by atomic mass is 28.4. The molecule has 0 aromatic carbocycles. The highest BCUT2D eigenvalue weighted by molar-refractivity contribution is 6.75. The summed E-state index contributed by atoms with van der Waals surface area (Å²) in [5.74, 6) is -0.259. The SMILES string of the molecule is C/C=C/C(O[Si](C)(C)C(C)(C)C)[C@@H]1O[C@H]2CCC(CC(=O)OC)O[C@@H]2C(O[Si](C)(C)C(C)(C)C)C1O[Si](C)(C)C(C)(C)C. The Bertz CT molecular complexity index is 959. The minimum Gasteiger partial charge on any atom is -0.469 e. The van der Waals surface area contributed by atoms with Crippen molar-refractivity contribution in [3.05, 3.63) is 12.2 Å². The van der Waals surface area contributed by atoms with Crippen LogP contribution in [0.1, 0.15) is 88.5 Å². The number of carbonyl (C=O) groups is 1. The van der Waals surface area contributed by atoms with Gasteiger partial charge in [0.05, 0.1) is 31.8 Å². The van der Waals surface area contributed by atoms with Crippen LogP contribution in [0.5, 0.6) is 0 Å². The fraction of sp³-hybridized carbons (Fsp3) is 0.909. The van der Waals surface area contributed by atoms with Gasteiger partial charge in [0.1, 0.15) is 24.4 Å². The van der Waals surface area contributed by atoms with E-state index in [-0.39, 0.29) is 64.1 Å². The second-order valence-corrected chi connectivity index (χ2v) is 31.5. The Kier molecular flexibility index (Phi) is 12.5. The van der Waals surface area contributed by atoms with Crippen LogP contribution in [0.3, 0.4) is 0 Å². The Morgan fingerprint density at radius 1 is 0.791 bits per heavy atom. The lowest BCUT2D eigenvalue weighted by Crippen LogP contribution is -2.69. The summed E-state index contributed by atoms with van der Waals surface area (Å²) in [5.41, 5.74) is 0. The second kappa shape index (κ2) is 13.8. The molecule has 0 saturated carbocycles. The standard InChI is InChI=1S/C33H66O7Si3/c1-18-19-25(38-41(12,13)31(2,3)4)28-30(40-43(16,17)33(8,9)10)29(39-42(14,15)32(5,6)7)27-24(37-28)21-20-23(36-27)22-26(34)35-11/h18-19,23-25,27-30H,20-22H2,1-17H3/b19-18+/t23?,24-,25?,27-,28-,29?,30?/m0/s1. The number of ether oxygens (including phenoxy) is 3. The minimum absolute atomic E-state index is 0.0156. The van der Waals surface area contributed by atoms with E-state index >= 15 is 0 Å². The van der Waals surface area contributed by atoms with Crippen LogP contribution < -0.4 is 0 Å². The number of hydrogen-bond donors (Lipinski definition) is 0. The predicted molar refractivity (Wildman–Crippen MR) is 184 cm³/mol. The maximum Gasteiger partial charge on any atom is 0.308 e. The molecule has 4 unspecified atom stereocenters. The first-order chi connectivity index (χ1) is 19.3. The minimum atomic E-state index is -2.31. The van der Waals surface area contributed by atoms with Crippen LogP contribution in [0.15, 0.2) is 12.2 Å². The maximum atomic E-state index is 12.3. The van der Waals surface area contributed by atoms with E-state index in [4.69, 9.17) is 27.5 Å². The second-order valence-electron chi connectivity index (χ2n) is 17.3. The van der Waals surface area contributed by atoms with E-state index in [2.05, 4.69) is 114 Å². The summed E-state index contributed by atoms with van der Waals surface area (Å²) in [4.78, 5) is 12.3. The Balaban J connectivity index is 2.73. The lowest BCUT2D eigenvalue weighted by atomic mass is 9.87. The van der Waals surface area contributed by atoms with Gasteiger partial charge in [-0.05, 0) is 74.2 Å². The molecule has 0 amide bonds. The predicted octanol–water partition coefficient (Wildman–Crippen LogP) is 8.61. The number of esters is 1. The van der Waals surface area contributed by atoms with Crippen LogP contribution in [0.4, 0.5) is 0 Å². The van der Waals surface area contributed by atoms with Crippen LogP contribution in [0.2, 0.25) is 54.4 Å². The van der Waals surface area contributed by atoms with Crippen molar-refractivity contribution in [2.75, 3.05) is 7.11 Å². The molecule has 252 valence electrons. The quantitative estimate of drug-likeness (QED) is 0.132. The molecule has 2 aliphatic heterocycles. The lowest BCUT2D eigenvalue weighted by Gasteiger charge is -2.56. The lowest BCUT2D eigenvalue weighted by molar-refractivity contribution is -0.267. The molecule has 2 rings (SSSR count). The van der Waals surface area contributed by atoms with Crippen LogP contribution in [-0.2, 0) is 32.3 Å². The fourth-order valence-electron chi connectivity index (χ4n) is 4.89. The molecule has 0 aliphatic carbocycles. The molecule has 10 heteroatoms. The maximum absolute atomic E-state index is 12.3. The topological polar surface area (TPSA) is 72.5 Å². The molecule has 0 N–H and O–H groups in total. The smallest absolute Gasteiger partial charge is 0.308 e. The Morgan fingerprint density at radius 2 is 1.28 bits per heavy atom. The fourth-order valence-corrected chi connectivity index (χ4v) is 8.74. The largest absolute Gasteiger partial charge is 0.469 e. The highest BCUT2D eigenvalue weighted by Gasteiger charge is 2.57. The molecule has 7 atom stereocenters. The monoisotopic (exact) mass is 658 g/mol. The molecule has 0 aromatic rings. The number of carbonyl (C=O) groups excluding carboxylic acids is 1. The first-order valence-corrected chi connectivity index (χ1v) is 25.0. The van der Waals surface area contributed by atoms with Crippen molar-refractivity contribution in [3.63, 3.8) is 0 Å². The zero-order chi connectivity index (χ0) is 33.4. The zero-order valence-electron chi connectivity index (χ0n) is 30.7. The molecular formula is C33H66O7Si3. The molecule has 2 saturated heterocycles. The van der Waals surface area contributed by atoms with E-state index in [0.717, 1.165) is 12.8 Å². The van der Waals surface area contributed by atoms with Crippen molar-refractivity contribution in [1.29, 1.82) is 0 Å². The Morgan fingerprint density at radius 3 is 1.72 bits per heavy atom. The first-order valence-electron chi connectivity index (χ1n) is 16.3. The third-order valence-corrected chi connectivity index (χ3v) is 24.3. The van der Waals surface area contributed by atoms with Crippen LogP contribution in [0.25, 0.3) is 0 Å². The van der Waals surface area contributed by atoms with Crippen LogP contribution in [-0.4, -0.2) is 80.8 Å². The first kappa shape index (κ1) is 38.8. The van der Waals surface area contributed by atoms with E-state index in [9.17, 15) is 4.79 Å². The van der Waals surface area contributed by atoms with Crippen molar-refractivity contribution in [1.82, 2.24) is 0 Å². The van der Waals surface area contributed by atoms with Crippen LogP contribution >= 0.6 is 0 Å². The molecule has 43 heavy (non-hydrogen) atoms. The molecule has 0 radical (unpaired) electrons. The molecule has 2 aliphatic rings. The van der Waals surface area contributed by atoms with E-state index < -0.39 is 31.1 Å². The molecule has 7 nitrogen and oxygen atoms in total. The van der Waals surface area contributed by atoms with Gasteiger partial charge in [0.15, 0.2) is 25.0 Å². The van der Waals surface area contributed by atoms with Gasteiger partial charge in [-0.1, -0.05) is 74.5 Å². The van der Waals surface area contributed by atoms with Gasteiger partial charge in [-0.3, -0.25) is 4.79 Å². The van der Waals surface area contributed by atoms with E-state index in [1.807, 2.05) is 6.92 Å². The van der Waals surface area contributed by atoms with E-state index in [1.165, 1.54) is 7.11 Å². The van der Waals surface area contributed by atoms with Crippen molar-refractivity contribution < 1.29 is 32.3 Å². The number of allylic oxidation sites excluding steroid dienone is 1. The van der Waals surface area contributed by atoms with Crippen molar-refractivity contribution >= 4 is 30.9 Å². The Hall–Kier alpha value is -0.339. The van der Waals surface area contributed by atoms with Gasteiger partial charge >= 0.3 is 5.97 Å². The van der Waals surface area contributed by atoms with E-state index in [0.29, 0.717) is 0 Å². The van der Waals surface area contributed by atoms with Gasteiger partial charge in [-0.15, -0.1) is 0 Å². The summed E-state index contributed by atoms with van der Waals surface area (Å²) in [7, 11) is -5.35. The number of fused-ring (bicyclic) bond motifs is 1. The summed E-state index contributed by atoms with van der Waals surface area (Å²) in [6.07, 6.45) is 3.72. The van der Waals surface area contributed by atoms with Gasteiger partial charge in [-0.25, -0.2) is 0 Å². The summed E-state index contributed by atoms with van der Waals surface area (Å²) >= 11 is 0. The average Bonchev–Trinajstić information content (AvgIpc) is 2.82. The van der Waals surface area contributed by atoms with Gasteiger partial charge in [-0.2, -0.15) is 0 Å². The highest BCUT2D eigenvalue weighted by Crippen LogP contribution is 2.47. The third-order valence-electron chi connectivity index (χ3n) is 10.8.